The first-order chi connectivity index (χ1) is 23.7. The smallest absolute Gasteiger partial charge is 0.323 e. The number of benzene rings is 2. The van der Waals surface area contributed by atoms with Crippen LogP contribution in [-0.4, -0.2) is 78.0 Å². The molecule has 0 radical (unpaired) electrons. The summed E-state index contributed by atoms with van der Waals surface area (Å²) in [6.07, 6.45) is 4.62. The van der Waals surface area contributed by atoms with Crippen LogP contribution in [-0.2, 0) is 16.6 Å². The number of hydrogen-bond donors (Lipinski definition) is 1. The Morgan fingerprint density at radius 3 is 2.47 bits per heavy atom. The third-order valence-electron chi connectivity index (χ3n) is 9.54. The molecular formula is C34H35N9O4S2. The third-order valence-corrected chi connectivity index (χ3v) is 11.8. The number of hydrogen-bond acceptors (Lipinski definition) is 11. The van der Waals surface area contributed by atoms with Crippen LogP contribution in [0.3, 0.4) is 0 Å². The number of likely N-dealkylation sites (tertiary alicyclic amines) is 1. The predicted octanol–water partition coefficient (Wildman–Crippen LogP) is 5.02. The Kier molecular flexibility index (Phi) is 8.59. The van der Waals surface area contributed by atoms with Crippen LogP contribution < -0.4 is 19.9 Å². The maximum absolute atomic E-state index is 13.4. The van der Waals surface area contributed by atoms with Crippen LogP contribution in [0.5, 0.6) is 5.75 Å². The monoisotopic (exact) mass is 697 g/mol. The molecule has 0 unspecified atom stereocenters. The zero-order valence-electron chi connectivity index (χ0n) is 27.2. The molecule has 1 N–H and O–H groups in total. The number of anilines is 3. The van der Waals surface area contributed by atoms with Gasteiger partial charge in [-0.1, -0.05) is 30.3 Å². The lowest BCUT2D eigenvalue weighted by Crippen LogP contribution is -2.36. The zero-order valence-corrected chi connectivity index (χ0v) is 28.9. The van der Waals surface area contributed by atoms with E-state index in [1.54, 1.807) is 43.5 Å². The summed E-state index contributed by atoms with van der Waals surface area (Å²) in [5.74, 6) is 1.93. The molecule has 15 heteroatoms. The quantitative estimate of drug-likeness (QED) is 0.223. The number of pyridine rings is 1. The van der Waals surface area contributed by atoms with Gasteiger partial charge in [0.15, 0.2) is 5.65 Å². The van der Waals surface area contributed by atoms with E-state index in [0.29, 0.717) is 59.2 Å². The van der Waals surface area contributed by atoms with Gasteiger partial charge in [-0.05, 0) is 60.6 Å². The van der Waals surface area contributed by atoms with Gasteiger partial charge in [0.2, 0.25) is 11.1 Å². The van der Waals surface area contributed by atoms with E-state index >= 15 is 0 Å². The van der Waals surface area contributed by atoms with Crippen LogP contribution in [0.2, 0.25) is 0 Å². The molecule has 7 rings (SSSR count). The van der Waals surface area contributed by atoms with Gasteiger partial charge in [0, 0.05) is 69.1 Å². The maximum Gasteiger partial charge on any atom is 0.323 e. The molecule has 1 aliphatic heterocycles. The number of rotatable bonds is 9. The first-order valence-electron chi connectivity index (χ1n) is 15.8. The van der Waals surface area contributed by atoms with Crippen molar-refractivity contribution in [2.75, 3.05) is 49.4 Å². The first-order valence-corrected chi connectivity index (χ1v) is 18.0. The van der Waals surface area contributed by atoms with Crippen LogP contribution in [0.1, 0.15) is 24.0 Å². The van der Waals surface area contributed by atoms with Crippen molar-refractivity contribution in [1.82, 2.24) is 23.2 Å². The zero-order chi connectivity index (χ0) is 34.3. The maximum atomic E-state index is 13.4. The predicted molar refractivity (Wildman–Crippen MR) is 187 cm³/mol. The SMILES string of the molecule is COc1ccc(CN(C)c2nsc(NC(=O)N3C[C@H]4C[C@H](N(C)c5c(C#N)cnc6c5ccn6S(=O)(=O)c5ccccc5)C[C@H]4C3)n2)cc1. The number of urea groups is 1. The van der Waals surface area contributed by atoms with Gasteiger partial charge in [0.1, 0.15) is 11.8 Å². The summed E-state index contributed by atoms with van der Waals surface area (Å²) >= 11 is 1.15. The number of ether oxygens (including phenoxy) is 1. The summed E-state index contributed by atoms with van der Waals surface area (Å²) < 4.78 is 37.7. The number of carbonyl (C=O) groups excluding carboxylic acids is 1. The molecule has 2 aliphatic rings. The number of fused-ring (bicyclic) bond motifs is 2. The Morgan fingerprint density at radius 1 is 1.08 bits per heavy atom. The highest BCUT2D eigenvalue weighted by atomic mass is 32.2. The molecule has 252 valence electrons. The van der Waals surface area contributed by atoms with E-state index in [-0.39, 0.29) is 22.6 Å². The standard InChI is InChI=1S/C34H35N9O4S2/c1-40(19-22-9-11-27(47-3)12-10-22)32-37-33(48-39-32)38-34(44)42-20-23-15-26(16-24(23)21-42)41(2)30-25(17-35)18-36-31-29(30)13-14-43(31)49(45,46)28-7-5-4-6-8-28/h4-14,18,23-24,26H,15-16,19-21H2,1-3H3,(H,37,38,39,44)/t23-,24+,26+. The summed E-state index contributed by atoms with van der Waals surface area (Å²) in [6.45, 7) is 1.84. The van der Waals surface area contributed by atoms with Gasteiger partial charge < -0.3 is 19.4 Å². The molecule has 49 heavy (non-hydrogen) atoms. The van der Waals surface area contributed by atoms with E-state index in [1.165, 1.54) is 16.4 Å². The molecule has 3 aromatic heterocycles. The number of methoxy groups -OCH3 is 1. The molecule has 2 amide bonds. The van der Waals surface area contributed by atoms with Crippen molar-refractivity contribution in [3.05, 3.63) is 84.2 Å². The highest BCUT2D eigenvalue weighted by molar-refractivity contribution is 7.90. The molecule has 4 heterocycles. The van der Waals surface area contributed by atoms with Gasteiger partial charge in [-0.2, -0.15) is 14.6 Å². The summed E-state index contributed by atoms with van der Waals surface area (Å²) in [5, 5.41) is 14.0. The molecule has 5 aromatic rings. The molecule has 1 saturated heterocycles. The summed E-state index contributed by atoms with van der Waals surface area (Å²) in [4.78, 5) is 28.2. The van der Waals surface area contributed by atoms with Gasteiger partial charge in [-0.3, -0.25) is 5.32 Å². The molecule has 13 nitrogen and oxygen atoms in total. The molecule has 0 bridgehead atoms. The molecule has 0 spiro atoms. The Hall–Kier alpha value is -5.20. The lowest BCUT2D eigenvalue weighted by Gasteiger charge is -2.29. The fraction of sp³-hybridized carbons (Fsp3) is 0.324. The second kappa shape index (κ2) is 13.0. The van der Waals surface area contributed by atoms with Gasteiger partial charge in [0.05, 0.1) is 23.3 Å². The Morgan fingerprint density at radius 2 is 1.80 bits per heavy atom. The average Bonchev–Trinajstić information content (AvgIpc) is 3.92. The van der Waals surface area contributed by atoms with Crippen LogP contribution in [0, 0.1) is 23.2 Å². The van der Waals surface area contributed by atoms with E-state index in [0.717, 1.165) is 35.7 Å². The topological polar surface area (TPSA) is 150 Å². The summed E-state index contributed by atoms with van der Waals surface area (Å²) in [5.41, 5.74) is 2.41. The normalized spacial score (nSPS) is 18.7. The lowest BCUT2D eigenvalue weighted by atomic mass is 10.0. The van der Waals surface area contributed by atoms with E-state index < -0.39 is 10.0 Å². The number of amides is 2. The molecule has 3 atom stereocenters. The summed E-state index contributed by atoms with van der Waals surface area (Å²) in [7, 11) is 1.62. The highest BCUT2D eigenvalue weighted by Gasteiger charge is 2.44. The van der Waals surface area contributed by atoms with Crippen molar-refractivity contribution in [2.24, 2.45) is 11.8 Å². The van der Waals surface area contributed by atoms with Gasteiger partial charge in [-0.15, -0.1) is 0 Å². The van der Waals surface area contributed by atoms with Crippen LogP contribution >= 0.6 is 11.5 Å². The van der Waals surface area contributed by atoms with E-state index in [4.69, 9.17) is 4.74 Å². The first kappa shape index (κ1) is 32.4. The van der Waals surface area contributed by atoms with Crippen LogP contribution in [0.4, 0.5) is 21.6 Å². The van der Waals surface area contributed by atoms with E-state index in [1.807, 2.05) is 48.2 Å². The van der Waals surface area contributed by atoms with Crippen molar-refractivity contribution in [3.63, 3.8) is 0 Å². The third kappa shape index (κ3) is 6.13. The van der Waals surface area contributed by atoms with Crippen molar-refractivity contribution in [3.8, 4) is 11.8 Å². The molecule has 1 aliphatic carbocycles. The number of aromatic nitrogens is 4. The van der Waals surface area contributed by atoms with Gasteiger partial charge >= 0.3 is 6.03 Å². The highest BCUT2D eigenvalue weighted by Crippen LogP contribution is 2.43. The van der Waals surface area contributed by atoms with Crippen molar-refractivity contribution in [2.45, 2.75) is 30.3 Å². The van der Waals surface area contributed by atoms with Crippen LogP contribution in [0.15, 0.2) is 78.0 Å². The molecule has 2 aromatic carbocycles. The minimum absolute atomic E-state index is 0.110. The van der Waals surface area contributed by atoms with Gasteiger partial charge in [-0.25, -0.2) is 22.2 Å². The Labute approximate surface area is 288 Å². The number of nitrogens with zero attached hydrogens (tertiary/aromatic N) is 8. The van der Waals surface area contributed by atoms with Crippen LogP contribution in [0.25, 0.3) is 11.0 Å². The largest absolute Gasteiger partial charge is 0.497 e. The average molecular weight is 698 g/mol. The number of carbonyl (C=O) groups is 1. The van der Waals surface area contributed by atoms with E-state index in [9.17, 15) is 18.5 Å². The van der Waals surface area contributed by atoms with Crippen molar-refractivity contribution >= 4 is 55.4 Å². The van der Waals surface area contributed by atoms with Crippen molar-refractivity contribution in [1.29, 1.82) is 5.26 Å². The van der Waals surface area contributed by atoms with E-state index in [2.05, 4.69) is 30.6 Å². The molecule has 1 saturated carbocycles. The number of nitriles is 1. The Bertz CT molecular complexity index is 2130. The second-order valence-corrected chi connectivity index (χ2v) is 15.1. The second-order valence-electron chi connectivity index (χ2n) is 12.5. The minimum atomic E-state index is -3.88. The van der Waals surface area contributed by atoms with Crippen molar-refractivity contribution < 1.29 is 17.9 Å². The van der Waals surface area contributed by atoms with Gasteiger partial charge in [0.25, 0.3) is 10.0 Å². The Balaban J connectivity index is 0.997. The minimum Gasteiger partial charge on any atom is -0.497 e. The summed E-state index contributed by atoms with van der Waals surface area (Å²) in [6, 6.07) is 19.9. The number of nitrogens with one attached hydrogen (secondary N) is 1. The lowest BCUT2D eigenvalue weighted by molar-refractivity contribution is 0.218. The molecule has 2 fully saturated rings. The fourth-order valence-electron chi connectivity index (χ4n) is 7.01. The molecular weight excluding hydrogens is 663 g/mol. The fourth-order valence-corrected chi connectivity index (χ4v) is 8.94.